The maximum atomic E-state index is 11.0. The van der Waals surface area contributed by atoms with Gasteiger partial charge in [0.1, 0.15) is 5.52 Å². The molecule has 100 valence electrons. The van der Waals surface area contributed by atoms with Crippen LogP contribution in [0.3, 0.4) is 0 Å². The fourth-order valence-corrected chi connectivity index (χ4v) is 2.32. The molecular formula is C16H13NO3. The van der Waals surface area contributed by atoms with Crippen LogP contribution in [0.25, 0.3) is 22.6 Å². The predicted molar refractivity (Wildman–Crippen MR) is 75.9 cm³/mol. The summed E-state index contributed by atoms with van der Waals surface area (Å²) in [5.74, 6) is -0.443. The summed E-state index contributed by atoms with van der Waals surface area (Å²) >= 11 is 0. The van der Waals surface area contributed by atoms with E-state index in [1.807, 2.05) is 32.0 Å². The second kappa shape index (κ2) is 4.49. The standard InChI is InChI=1S/C16H13NO3/c1-9-4-3-5-10(2)14(9)15-17-12-8-11(16(18)19)6-7-13(12)20-15/h3-8H,1-2H3,(H,18,19). The smallest absolute Gasteiger partial charge is 0.335 e. The molecule has 0 bridgehead atoms. The first-order chi connectivity index (χ1) is 9.56. The molecule has 2 aromatic carbocycles. The van der Waals surface area contributed by atoms with E-state index in [2.05, 4.69) is 4.98 Å². The number of nitrogens with zero attached hydrogens (tertiary/aromatic N) is 1. The van der Waals surface area contributed by atoms with E-state index in [1.165, 1.54) is 12.1 Å². The molecule has 0 aliphatic heterocycles. The first kappa shape index (κ1) is 12.4. The third-order valence-corrected chi connectivity index (χ3v) is 3.33. The maximum absolute atomic E-state index is 11.0. The lowest BCUT2D eigenvalue weighted by atomic mass is 10.0. The molecule has 0 radical (unpaired) electrons. The number of carboxylic acids is 1. The summed E-state index contributed by atoms with van der Waals surface area (Å²) in [6.45, 7) is 4.00. The Morgan fingerprint density at radius 2 is 1.85 bits per heavy atom. The molecule has 4 nitrogen and oxygen atoms in total. The summed E-state index contributed by atoms with van der Waals surface area (Å²) in [6, 6.07) is 10.7. The van der Waals surface area contributed by atoms with Crippen molar-refractivity contribution in [2.45, 2.75) is 13.8 Å². The third kappa shape index (κ3) is 1.95. The molecule has 0 aliphatic rings. The Bertz CT molecular complexity index is 797. The van der Waals surface area contributed by atoms with E-state index >= 15 is 0 Å². The number of hydrogen-bond donors (Lipinski definition) is 1. The van der Waals surface area contributed by atoms with E-state index in [9.17, 15) is 4.79 Å². The summed E-state index contributed by atoms with van der Waals surface area (Å²) in [6.07, 6.45) is 0. The van der Waals surface area contributed by atoms with Gasteiger partial charge in [-0.15, -0.1) is 0 Å². The van der Waals surface area contributed by atoms with E-state index in [-0.39, 0.29) is 5.56 Å². The van der Waals surface area contributed by atoms with E-state index in [4.69, 9.17) is 9.52 Å². The first-order valence-corrected chi connectivity index (χ1v) is 6.27. The molecule has 0 fully saturated rings. The average molecular weight is 267 g/mol. The molecule has 3 aromatic rings. The van der Waals surface area contributed by atoms with Crippen molar-refractivity contribution in [1.29, 1.82) is 0 Å². The minimum absolute atomic E-state index is 0.207. The number of aromatic nitrogens is 1. The fourth-order valence-electron chi connectivity index (χ4n) is 2.32. The van der Waals surface area contributed by atoms with Crippen LogP contribution in [0.4, 0.5) is 0 Å². The molecule has 3 rings (SSSR count). The fraction of sp³-hybridized carbons (Fsp3) is 0.125. The third-order valence-electron chi connectivity index (χ3n) is 3.33. The number of fused-ring (bicyclic) bond motifs is 1. The Balaban J connectivity index is 2.21. The minimum atomic E-state index is -0.969. The number of carbonyl (C=O) groups is 1. The highest BCUT2D eigenvalue weighted by atomic mass is 16.4. The molecule has 0 atom stereocenters. The van der Waals surface area contributed by atoms with Crippen molar-refractivity contribution in [3.63, 3.8) is 0 Å². The van der Waals surface area contributed by atoms with Gasteiger partial charge in [-0.1, -0.05) is 18.2 Å². The van der Waals surface area contributed by atoms with Gasteiger partial charge in [-0.05, 0) is 43.2 Å². The number of benzene rings is 2. The van der Waals surface area contributed by atoms with Gasteiger partial charge < -0.3 is 9.52 Å². The molecule has 1 aromatic heterocycles. The Labute approximate surface area is 115 Å². The number of oxazole rings is 1. The van der Waals surface area contributed by atoms with E-state index in [0.717, 1.165) is 16.7 Å². The van der Waals surface area contributed by atoms with Crippen LogP contribution in [0.1, 0.15) is 21.5 Å². The molecule has 20 heavy (non-hydrogen) atoms. The number of carboxylic acid groups (broad SMARTS) is 1. The van der Waals surface area contributed by atoms with Crippen molar-refractivity contribution < 1.29 is 14.3 Å². The average Bonchev–Trinajstić information content (AvgIpc) is 2.80. The topological polar surface area (TPSA) is 63.3 Å². The molecule has 0 saturated heterocycles. The molecule has 4 heteroatoms. The molecule has 0 aliphatic carbocycles. The van der Waals surface area contributed by atoms with Crippen LogP contribution in [0, 0.1) is 13.8 Å². The predicted octanol–water partition coefficient (Wildman–Crippen LogP) is 3.81. The van der Waals surface area contributed by atoms with Crippen LogP contribution in [0.15, 0.2) is 40.8 Å². The van der Waals surface area contributed by atoms with Crippen molar-refractivity contribution in [2.75, 3.05) is 0 Å². The van der Waals surface area contributed by atoms with E-state index in [0.29, 0.717) is 17.0 Å². The number of hydrogen-bond acceptors (Lipinski definition) is 3. The van der Waals surface area contributed by atoms with Gasteiger partial charge in [0, 0.05) is 5.56 Å². The van der Waals surface area contributed by atoms with Crippen molar-refractivity contribution in [2.24, 2.45) is 0 Å². The zero-order valence-corrected chi connectivity index (χ0v) is 11.2. The van der Waals surface area contributed by atoms with Crippen molar-refractivity contribution in [3.05, 3.63) is 53.1 Å². The van der Waals surface area contributed by atoms with Gasteiger partial charge in [-0.25, -0.2) is 9.78 Å². The summed E-state index contributed by atoms with van der Waals surface area (Å²) in [7, 11) is 0. The van der Waals surface area contributed by atoms with Crippen LogP contribution >= 0.6 is 0 Å². The molecular weight excluding hydrogens is 254 g/mol. The lowest BCUT2D eigenvalue weighted by Gasteiger charge is -2.04. The molecule has 1 heterocycles. The van der Waals surface area contributed by atoms with Crippen LogP contribution in [0.2, 0.25) is 0 Å². The molecule has 0 amide bonds. The highest BCUT2D eigenvalue weighted by Gasteiger charge is 2.14. The Kier molecular flexibility index (Phi) is 2.79. The largest absolute Gasteiger partial charge is 0.478 e. The van der Waals surface area contributed by atoms with Gasteiger partial charge in [0.05, 0.1) is 5.56 Å². The van der Waals surface area contributed by atoms with Crippen molar-refractivity contribution >= 4 is 17.1 Å². The normalized spacial score (nSPS) is 10.9. The highest BCUT2D eigenvalue weighted by Crippen LogP contribution is 2.29. The lowest BCUT2D eigenvalue weighted by Crippen LogP contribution is -1.94. The van der Waals surface area contributed by atoms with E-state index < -0.39 is 5.97 Å². The van der Waals surface area contributed by atoms with Crippen LogP contribution in [-0.4, -0.2) is 16.1 Å². The molecule has 0 saturated carbocycles. The first-order valence-electron chi connectivity index (χ1n) is 6.27. The molecule has 0 unspecified atom stereocenters. The monoisotopic (exact) mass is 267 g/mol. The van der Waals surface area contributed by atoms with Crippen LogP contribution < -0.4 is 0 Å². The lowest BCUT2D eigenvalue weighted by molar-refractivity contribution is 0.0697. The van der Waals surface area contributed by atoms with Crippen molar-refractivity contribution in [1.82, 2.24) is 4.98 Å². The minimum Gasteiger partial charge on any atom is -0.478 e. The van der Waals surface area contributed by atoms with Gasteiger partial charge in [0.15, 0.2) is 5.58 Å². The zero-order chi connectivity index (χ0) is 14.3. The summed E-state index contributed by atoms with van der Waals surface area (Å²) < 4.78 is 5.75. The Hall–Kier alpha value is -2.62. The SMILES string of the molecule is Cc1cccc(C)c1-c1nc2cc(C(=O)O)ccc2o1. The molecule has 0 spiro atoms. The highest BCUT2D eigenvalue weighted by molar-refractivity contribution is 5.92. The maximum Gasteiger partial charge on any atom is 0.335 e. The van der Waals surface area contributed by atoms with Gasteiger partial charge in [0.2, 0.25) is 5.89 Å². The zero-order valence-electron chi connectivity index (χ0n) is 11.2. The quantitative estimate of drug-likeness (QED) is 0.766. The Morgan fingerprint density at radius 1 is 1.15 bits per heavy atom. The van der Waals surface area contributed by atoms with Crippen LogP contribution in [-0.2, 0) is 0 Å². The van der Waals surface area contributed by atoms with Crippen LogP contribution in [0.5, 0.6) is 0 Å². The van der Waals surface area contributed by atoms with Gasteiger partial charge in [-0.2, -0.15) is 0 Å². The number of rotatable bonds is 2. The summed E-state index contributed by atoms with van der Waals surface area (Å²) in [5, 5.41) is 9.00. The molecule has 1 N–H and O–H groups in total. The van der Waals surface area contributed by atoms with Gasteiger partial charge in [-0.3, -0.25) is 0 Å². The van der Waals surface area contributed by atoms with E-state index in [1.54, 1.807) is 6.07 Å². The van der Waals surface area contributed by atoms with Crippen molar-refractivity contribution in [3.8, 4) is 11.5 Å². The second-order valence-electron chi connectivity index (χ2n) is 4.77. The van der Waals surface area contributed by atoms with Gasteiger partial charge in [0.25, 0.3) is 0 Å². The van der Waals surface area contributed by atoms with Gasteiger partial charge >= 0.3 is 5.97 Å². The number of aryl methyl sites for hydroxylation is 2. The number of aromatic carboxylic acids is 1. The Morgan fingerprint density at radius 3 is 2.50 bits per heavy atom. The summed E-state index contributed by atoms with van der Waals surface area (Å²) in [5.41, 5.74) is 4.47. The summed E-state index contributed by atoms with van der Waals surface area (Å²) in [4.78, 5) is 15.4. The second-order valence-corrected chi connectivity index (χ2v) is 4.77.